The summed E-state index contributed by atoms with van der Waals surface area (Å²) in [6.45, 7) is 0.157. The molecule has 0 bridgehead atoms. The van der Waals surface area contributed by atoms with Crippen LogP contribution < -0.4 is 0 Å². The SMILES string of the molecule is [N-]=[N+]=NCC(N=[N+]=[N-])c1cc[cH-]c1. The molecule has 0 saturated carbocycles. The van der Waals surface area contributed by atoms with E-state index in [9.17, 15) is 0 Å². The van der Waals surface area contributed by atoms with Gasteiger partial charge in [-0.25, -0.2) is 6.07 Å². The summed E-state index contributed by atoms with van der Waals surface area (Å²) in [7, 11) is 0. The second-order valence-electron chi connectivity index (χ2n) is 2.35. The molecule has 6 heteroatoms. The Balaban J connectivity index is 2.79. The van der Waals surface area contributed by atoms with E-state index in [2.05, 4.69) is 20.1 Å². The van der Waals surface area contributed by atoms with Crippen LogP contribution in [0.5, 0.6) is 0 Å². The fourth-order valence-electron chi connectivity index (χ4n) is 0.996. The summed E-state index contributed by atoms with van der Waals surface area (Å²) < 4.78 is 0. The zero-order chi connectivity index (χ0) is 9.52. The van der Waals surface area contributed by atoms with Crippen LogP contribution in [0.1, 0.15) is 11.6 Å². The highest BCUT2D eigenvalue weighted by Crippen LogP contribution is 2.18. The maximum absolute atomic E-state index is 8.26. The highest BCUT2D eigenvalue weighted by molar-refractivity contribution is 5.20. The largest absolute Gasteiger partial charge is 0.210 e. The topological polar surface area (TPSA) is 97.5 Å². The van der Waals surface area contributed by atoms with Crippen LogP contribution in [0.3, 0.4) is 0 Å². The number of hydrogen-bond donors (Lipinski definition) is 0. The van der Waals surface area contributed by atoms with Crippen molar-refractivity contribution in [3.05, 3.63) is 50.7 Å². The lowest BCUT2D eigenvalue weighted by atomic mass is 10.2. The van der Waals surface area contributed by atoms with E-state index in [0.29, 0.717) is 0 Å². The molecule has 0 heterocycles. The summed E-state index contributed by atoms with van der Waals surface area (Å²) >= 11 is 0. The van der Waals surface area contributed by atoms with Crippen LogP contribution in [0.15, 0.2) is 34.5 Å². The number of nitrogens with zero attached hydrogens (tertiary/aromatic N) is 6. The molecule has 0 amide bonds. The van der Waals surface area contributed by atoms with E-state index in [-0.39, 0.29) is 6.54 Å². The molecule has 66 valence electrons. The fraction of sp³-hybridized carbons (Fsp3) is 0.286. The molecule has 1 rings (SSSR count). The third-order valence-electron chi connectivity index (χ3n) is 1.58. The van der Waals surface area contributed by atoms with Gasteiger partial charge in [-0.3, -0.25) is 0 Å². The van der Waals surface area contributed by atoms with E-state index in [0.717, 1.165) is 5.56 Å². The number of rotatable bonds is 4. The van der Waals surface area contributed by atoms with Crippen LogP contribution >= 0.6 is 0 Å². The predicted molar refractivity (Wildman–Crippen MR) is 47.9 cm³/mol. The molecule has 0 aliphatic carbocycles. The molecule has 0 aliphatic heterocycles. The second-order valence-corrected chi connectivity index (χ2v) is 2.35. The Hall–Kier alpha value is -2.03. The molecule has 1 atom stereocenters. The summed E-state index contributed by atoms with van der Waals surface area (Å²) in [5, 5.41) is 6.88. The first-order chi connectivity index (χ1) is 6.38. The van der Waals surface area contributed by atoms with Crippen LogP contribution in [-0.4, -0.2) is 6.54 Å². The highest BCUT2D eigenvalue weighted by atomic mass is 15.2. The molecule has 0 N–H and O–H groups in total. The van der Waals surface area contributed by atoms with E-state index in [4.69, 9.17) is 11.1 Å². The highest BCUT2D eigenvalue weighted by Gasteiger charge is 2.00. The zero-order valence-electron chi connectivity index (χ0n) is 6.78. The number of hydrogen-bond acceptors (Lipinski definition) is 2. The van der Waals surface area contributed by atoms with Gasteiger partial charge in [0.05, 0.1) is 0 Å². The molecule has 0 saturated heterocycles. The van der Waals surface area contributed by atoms with Crippen molar-refractivity contribution in [1.29, 1.82) is 0 Å². The van der Waals surface area contributed by atoms with Crippen molar-refractivity contribution in [2.45, 2.75) is 6.04 Å². The van der Waals surface area contributed by atoms with Crippen molar-refractivity contribution in [2.24, 2.45) is 10.2 Å². The van der Waals surface area contributed by atoms with Crippen LogP contribution in [0.4, 0.5) is 0 Å². The van der Waals surface area contributed by atoms with Crippen LogP contribution in [0, 0.1) is 0 Å². The molecule has 0 aromatic heterocycles. The quantitative estimate of drug-likeness (QED) is 0.291. The maximum atomic E-state index is 8.26. The Labute approximate surface area is 74.4 Å². The van der Waals surface area contributed by atoms with Crippen molar-refractivity contribution in [3.63, 3.8) is 0 Å². The van der Waals surface area contributed by atoms with Gasteiger partial charge in [0.25, 0.3) is 0 Å². The fourth-order valence-corrected chi connectivity index (χ4v) is 0.996. The lowest BCUT2D eigenvalue weighted by Gasteiger charge is -2.10. The van der Waals surface area contributed by atoms with Crippen molar-refractivity contribution in [1.82, 2.24) is 0 Å². The standard InChI is InChI=1S/C7H7N6/c8-12-10-5-7(11-13-9)6-3-1-2-4-6/h1-4,7H,5H2/q-1. The summed E-state index contributed by atoms with van der Waals surface area (Å²) in [5.74, 6) is 0. The molecule has 0 spiro atoms. The third-order valence-corrected chi connectivity index (χ3v) is 1.58. The van der Waals surface area contributed by atoms with Gasteiger partial charge in [0.15, 0.2) is 0 Å². The Kier molecular flexibility index (Phi) is 3.32. The van der Waals surface area contributed by atoms with Crippen molar-refractivity contribution < 1.29 is 0 Å². The minimum Gasteiger partial charge on any atom is -0.210 e. The normalized spacial score (nSPS) is 11.1. The molecule has 0 fully saturated rings. The minimum absolute atomic E-state index is 0.157. The minimum atomic E-state index is -0.393. The second kappa shape index (κ2) is 4.77. The molecule has 1 aromatic carbocycles. The van der Waals surface area contributed by atoms with Gasteiger partial charge >= 0.3 is 0 Å². The summed E-state index contributed by atoms with van der Waals surface area (Å²) in [4.78, 5) is 5.30. The lowest BCUT2D eigenvalue weighted by molar-refractivity contribution is 0.729. The molecule has 0 radical (unpaired) electrons. The number of azide groups is 2. The summed E-state index contributed by atoms with van der Waals surface area (Å²) in [5.41, 5.74) is 17.2. The molecule has 6 nitrogen and oxygen atoms in total. The van der Waals surface area contributed by atoms with E-state index in [1.54, 1.807) is 0 Å². The zero-order valence-corrected chi connectivity index (χ0v) is 6.78. The van der Waals surface area contributed by atoms with Gasteiger partial charge in [0.2, 0.25) is 0 Å². The summed E-state index contributed by atoms with van der Waals surface area (Å²) in [6, 6.07) is 6.94. The molecular formula is C7H7N6-. The van der Waals surface area contributed by atoms with Gasteiger partial charge in [-0.05, 0) is 11.1 Å². The van der Waals surface area contributed by atoms with Gasteiger partial charge in [-0.2, -0.15) is 23.8 Å². The van der Waals surface area contributed by atoms with E-state index in [1.807, 2.05) is 24.3 Å². The van der Waals surface area contributed by atoms with Crippen LogP contribution in [-0.2, 0) is 0 Å². The Morgan fingerprint density at radius 2 is 2.31 bits per heavy atom. The van der Waals surface area contributed by atoms with E-state index >= 15 is 0 Å². The lowest BCUT2D eigenvalue weighted by Crippen LogP contribution is -1.95. The van der Waals surface area contributed by atoms with Gasteiger partial charge in [0, 0.05) is 22.4 Å². The maximum Gasteiger partial charge on any atom is 0.0267 e. The monoisotopic (exact) mass is 175 g/mol. The average molecular weight is 175 g/mol. The molecule has 13 heavy (non-hydrogen) atoms. The van der Waals surface area contributed by atoms with Gasteiger partial charge in [0.1, 0.15) is 0 Å². The molecule has 1 unspecified atom stereocenters. The van der Waals surface area contributed by atoms with Crippen molar-refractivity contribution >= 4 is 0 Å². The molecule has 0 aliphatic rings. The Morgan fingerprint density at radius 3 is 2.85 bits per heavy atom. The smallest absolute Gasteiger partial charge is 0.0267 e. The predicted octanol–water partition coefficient (Wildman–Crippen LogP) is 3.07. The third kappa shape index (κ3) is 2.48. The summed E-state index contributed by atoms with van der Waals surface area (Å²) in [6.07, 6.45) is 0. The van der Waals surface area contributed by atoms with Gasteiger partial charge in [-0.15, -0.1) is 0 Å². The van der Waals surface area contributed by atoms with Gasteiger partial charge < -0.3 is 0 Å². The van der Waals surface area contributed by atoms with Crippen LogP contribution in [0.2, 0.25) is 0 Å². The van der Waals surface area contributed by atoms with Crippen molar-refractivity contribution in [3.8, 4) is 0 Å². The van der Waals surface area contributed by atoms with Gasteiger partial charge in [-0.1, -0.05) is 10.2 Å². The van der Waals surface area contributed by atoms with E-state index in [1.165, 1.54) is 0 Å². The average Bonchev–Trinajstić information content (AvgIpc) is 2.65. The van der Waals surface area contributed by atoms with Crippen molar-refractivity contribution in [2.75, 3.05) is 6.54 Å². The first kappa shape index (κ1) is 9.06. The first-order valence-electron chi connectivity index (χ1n) is 3.65. The Morgan fingerprint density at radius 1 is 1.46 bits per heavy atom. The van der Waals surface area contributed by atoms with Crippen LogP contribution in [0.25, 0.3) is 20.9 Å². The Bertz CT molecular complexity index is 341. The molecule has 1 aromatic rings. The first-order valence-corrected chi connectivity index (χ1v) is 3.65. The van der Waals surface area contributed by atoms with E-state index < -0.39 is 6.04 Å². The molecular weight excluding hydrogens is 168 g/mol.